The lowest BCUT2D eigenvalue weighted by molar-refractivity contribution is 0.0296. The largest absolute Gasteiger partial charge is 0.379 e. The molecule has 5 heterocycles. The molecule has 4 aliphatic heterocycles. The fourth-order valence-corrected chi connectivity index (χ4v) is 7.14. The van der Waals surface area contributed by atoms with Crippen LogP contribution in [0.1, 0.15) is 34.9 Å². The van der Waals surface area contributed by atoms with Crippen LogP contribution in [0.5, 0.6) is 0 Å². The Morgan fingerprint density at radius 2 is 1.56 bits per heavy atom. The third-order valence-corrected chi connectivity index (χ3v) is 9.31. The van der Waals surface area contributed by atoms with Gasteiger partial charge in [-0.1, -0.05) is 18.2 Å². The molecule has 36 heavy (non-hydrogen) atoms. The van der Waals surface area contributed by atoms with Gasteiger partial charge in [0.1, 0.15) is 0 Å². The van der Waals surface area contributed by atoms with Crippen molar-refractivity contribution >= 4 is 16.7 Å². The maximum atomic E-state index is 13.5. The van der Waals surface area contributed by atoms with Crippen LogP contribution >= 0.6 is 0 Å². The highest BCUT2D eigenvalue weighted by molar-refractivity contribution is 7.84. The van der Waals surface area contributed by atoms with Crippen molar-refractivity contribution < 1.29 is 18.5 Å². The zero-order valence-corrected chi connectivity index (χ0v) is 21.6. The number of rotatable bonds is 5. The molecule has 0 aliphatic carbocycles. The number of benzene rings is 1. The van der Waals surface area contributed by atoms with E-state index in [0.29, 0.717) is 37.8 Å². The van der Waals surface area contributed by atoms with Crippen LogP contribution in [0.15, 0.2) is 29.2 Å². The number of piperidine rings is 1. The zero-order valence-electron chi connectivity index (χ0n) is 20.8. The molecule has 6 rings (SSSR count). The van der Waals surface area contributed by atoms with Gasteiger partial charge in [0.15, 0.2) is 5.69 Å². The van der Waals surface area contributed by atoms with Gasteiger partial charge in [0.25, 0.3) is 5.91 Å². The number of carbonyl (C=O) groups excluding carboxylic acids is 1. The van der Waals surface area contributed by atoms with E-state index in [-0.39, 0.29) is 11.9 Å². The van der Waals surface area contributed by atoms with Gasteiger partial charge in [0, 0.05) is 68.4 Å². The first-order chi connectivity index (χ1) is 17.7. The van der Waals surface area contributed by atoms with Gasteiger partial charge >= 0.3 is 0 Å². The van der Waals surface area contributed by atoms with Gasteiger partial charge in [-0.3, -0.25) is 18.6 Å². The van der Waals surface area contributed by atoms with Crippen molar-refractivity contribution in [1.82, 2.24) is 24.5 Å². The molecule has 1 aromatic heterocycles. The molecule has 1 aromatic carbocycles. The van der Waals surface area contributed by atoms with E-state index in [9.17, 15) is 9.00 Å². The lowest BCUT2D eigenvalue weighted by Crippen LogP contribution is -2.43. The number of likely N-dealkylation sites (tertiary alicyclic amines) is 1. The van der Waals surface area contributed by atoms with Crippen LogP contribution < -0.4 is 0 Å². The van der Waals surface area contributed by atoms with E-state index in [1.54, 1.807) is 0 Å². The second-order valence-electron chi connectivity index (χ2n) is 10.0. The quantitative estimate of drug-likeness (QED) is 0.601. The molecule has 4 aliphatic rings. The van der Waals surface area contributed by atoms with E-state index in [1.165, 1.54) is 0 Å². The topological polar surface area (TPSA) is 80.1 Å². The maximum Gasteiger partial charge on any atom is 0.274 e. The average molecular weight is 514 g/mol. The molecule has 0 bridgehead atoms. The maximum absolute atomic E-state index is 13.5. The van der Waals surface area contributed by atoms with Crippen molar-refractivity contribution in [1.29, 1.82) is 0 Å². The molecule has 0 spiro atoms. The fraction of sp³-hybridized carbons (Fsp3) is 0.615. The summed E-state index contributed by atoms with van der Waals surface area (Å²) in [6, 6.07) is 8.13. The average Bonchev–Trinajstić information content (AvgIpc) is 3.32. The third-order valence-electron chi connectivity index (χ3n) is 7.91. The Morgan fingerprint density at radius 1 is 0.917 bits per heavy atom. The molecule has 10 heteroatoms. The van der Waals surface area contributed by atoms with E-state index in [1.807, 2.05) is 29.2 Å². The molecular weight excluding hydrogens is 478 g/mol. The van der Waals surface area contributed by atoms with Gasteiger partial charge < -0.3 is 19.3 Å². The van der Waals surface area contributed by atoms with Crippen LogP contribution in [0, 0.1) is 0 Å². The molecule has 2 aromatic rings. The fourth-order valence-electron chi connectivity index (χ4n) is 5.81. The monoisotopic (exact) mass is 513 g/mol. The highest BCUT2D eigenvalue weighted by Crippen LogP contribution is 2.40. The summed E-state index contributed by atoms with van der Waals surface area (Å²) in [7, 11) is -1.18. The molecule has 0 radical (unpaired) electrons. The minimum absolute atomic E-state index is 0.0624. The molecule has 3 saturated heterocycles. The Balaban J connectivity index is 1.25. The number of hydrogen-bond acceptors (Lipinski definition) is 7. The predicted octanol–water partition coefficient (Wildman–Crippen LogP) is 1.61. The van der Waals surface area contributed by atoms with E-state index in [4.69, 9.17) is 14.6 Å². The summed E-state index contributed by atoms with van der Waals surface area (Å²) in [5.41, 5.74) is 3.27. The summed E-state index contributed by atoms with van der Waals surface area (Å²) in [6.45, 7) is 10.2. The number of fused-ring (bicyclic) bond motifs is 3. The molecule has 0 saturated carbocycles. The van der Waals surface area contributed by atoms with Crippen LogP contribution in [-0.4, -0.2) is 113 Å². The van der Waals surface area contributed by atoms with Crippen molar-refractivity contribution in [2.45, 2.75) is 29.5 Å². The Hall–Kier alpha value is -2.11. The lowest BCUT2D eigenvalue weighted by atomic mass is 10.0. The van der Waals surface area contributed by atoms with Crippen LogP contribution in [0.3, 0.4) is 0 Å². The number of aromatic nitrogens is 2. The Morgan fingerprint density at radius 3 is 2.28 bits per heavy atom. The summed E-state index contributed by atoms with van der Waals surface area (Å²) in [4.78, 5) is 21.3. The highest BCUT2D eigenvalue weighted by atomic mass is 32.2. The number of amides is 1. The Bertz CT molecular complexity index is 1120. The third kappa shape index (κ3) is 4.77. The van der Waals surface area contributed by atoms with E-state index < -0.39 is 10.8 Å². The Kier molecular flexibility index (Phi) is 7.21. The van der Waals surface area contributed by atoms with E-state index in [0.717, 1.165) is 87.0 Å². The Labute approximate surface area is 214 Å². The number of morpholine rings is 2. The van der Waals surface area contributed by atoms with Crippen molar-refractivity contribution in [2.75, 3.05) is 78.8 Å². The smallest absolute Gasteiger partial charge is 0.274 e. The van der Waals surface area contributed by atoms with Gasteiger partial charge in [-0.2, -0.15) is 5.10 Å². The van der Waals surface area contributed by atoms with E-state index >= 15 is 0 Å². The van der Waals surface area contributed by atoms with Crippen molar-refractivity contribution in [3.8, 4) is 11.3 Å². The molecule has 9 nitrogen and oxygen atoms in total. The van der Waals surface area contributed by atoms with Gasteiger partial charge in [0.2, 0.25) is 0 Å². The predicted molar refractivity (Wildman–Crippen MR) is 136 cm³/mol. The van der Waals surface area contributed by atoms with Gasteiger partial charge in [-0.25, -0.2) is 0 Å². The van der Waals surface area contributed by atoms with Gasteiger partial charge in [-0.05, 0) is 18.9 Å². The number of ether oxygens (including phenoxy) is 2. The van der Waals surface area contributed by atoms with Crippen molar-refractivity contribution in [2.24, 2.45) is 0 Å². The second kappa shape index (κ2) is 10.7. The second-order valence-corrected chi connectivity index (χ2v) is 11.5. The molecular formula is C26H35N5O4S. The number of carbonyl (C=O) groups is 1. The van der Waals surface area contributed by atoms with Crippen LogP contribution in [0.4, 0.5) is 0 Å². The first-order valence-corrected chi connectivity index (χ1v) is 14.5. The molecule has 0 N–H and O–H groups in total. The first-order valence-electron chi connectivity index (χ1n) is 13.2. The SMILES string of the molecule is O=C(c1nn(C2CCN(CCN3CCOCC3)CC2)c2c1CS(=O)c1ccccc1-2)N1CCOCC1. The molecule has 194 valence electrons. The number of hydrogen-bond donors (Lipinski definition) is 0. The summed E-state index contributed by atoms with van der Waals surface area (Å²) in [6.07, 6.45) is 1.99. The standard InChI is InChI=1S/C26H35N5O4S/c32-26(30-13-17-35-18-14-30)24-22-19-36(33)23-4-2-1-3-21(23)25(22)31(27-24)20-5-7-28(8-6-20)9-10-29-11-15-34-16-12-29/h1-4,20H,5-19H2. The normalized spacial score (nSPS) is 23.9. The van der Waals surface area contributed by atoms with Crippen molar-refractivity contribution in [3.05, 3.63) is 35.5 Å². The molecule has 3 fully saturated rings. The number of nitrogens with zero attached hydrogens (tertiary/aromatic N) is 5. The molecule has 1 amide bonds. The molecule has 1 atom stereocenters. The highest BCUT2D eigenvalue weighted by Gasteiger charge is 2.36. The minimum Gasteiger partial charge on any atom is -0.379 e. The lowest BCUT2D eigenvalue weighted by Gasteiger charge is -2.35. The van der Waals surface area contributed by atoms with E-state index in [2.05, 4.69) is 14.5 Å². The van der Waals surface area contributed by atoms with Gasteiger partial charge in [0.05, 0.1) is 54.7 Å². The summed E-state index contributed by atoms with van der Waals surface area (Å²) < 4.78 is 26.2. The minimum atomic E-state index is -1.18. The van der Waals surface area contributed by atoms with Crippen molar-refractivity contribution in [3.63, 3.8) is 0 Å². The first kappa shape index (κ1) is 24.2. The van der Waals surface area contributed by atoms with Gasteiger partial charge in [-0.15, -0.1) is 0 Å². The van der Waals surface area contributed by atoms with Crippen LogP contribution in [0.25, 0.3) is 11.3 Å². The zero-order chi connectivity index (χ0) is 24.5. The summed E-state index contributed by atoms with van der Waals surface area (Å²) in [5, 5.41) is 4.98. The summed E-state index contributed by atoms with van der Waals surface area (Å²) in [5.74, 6) is 0.281. The van der Waals surface area contributed by atoms with Crippen LogP contribution in [-0.2, 0) is 26.0 Å². The molecule has 1 unspecified atom stereocenters. The van der Waals surface area contributed by atoms with Crippen LogP contribution in [0.2, 0.25) is 0 Å². The summed E-state index contributed by atoms with van der Waals surface area (Å²) >= 11 is 0.